The Morgan fingerprint density at radius 1 is 1.19 bits per heavy atom. The highest BCUT2D eigenvalue weighted by Crippen LogP contribution is 2.16. The van der Waals surface area contributed by atoms with Crippen molar-refractivity contribution in [1.29, 1.82) is 5.26 Å². The number of aromatic nitrogens is 1. The molecule has 5 nitrogen and oxygen atoms in total. The minimum absolute atomic E-state index is 0.442. The van der Waals surface area contributed by atoms with Gasteiger partial charge in [-0.15, -0.1) is 11.8 Å². The van der Waals surface area contributed by atoms with Crippen molar-refractivity contribution in [3.8, 4) is 6.19 Å². The number of rotatable bonds is 5. The highest BCUT2D eigenvalue weighted by molar-refractivity contribution is 7.99. The second-order valence-corrected chi connectivity index (χ2v) is 5.16. The van der Waals surface area contributed by atoms with E-state index in [0.717, 1.165) is 11.4 Å². The molecule has 0 saturated carbocycles. The summed E-state index contributed by atoms with van der Waals surface area (Å²) in [5, 5.41) is 14.3. The number of guanidine groups is 1. The zero-order valence-corrected chi connectivity index (χ0v) is 12.2. The smallest absolute Gasteiger partial charge is 0.209 e. The van der Waals surface area contributed by atoms with E-state index in [1.54, 1.807) is 24.2 Å². The molecule has 21 heavy (non-hydrogen) atoms. The number of nitriles is 1. The van der Waals surface area contributed by atoms with E-state index in [1.807, 2.05) is 36.5 Å². The summed E-state index contributed by atoms with van der Waals surface area (Å²) in [7, 11) is 0. The topological polar surface area (TPSA) is 73.1 Å². The summed E-state index contributed by atoms with van der Waals surface area (Å²) < 4.78 is 0. The lowest BCUT2D eigenvalue weighted by atomic mass is 10.4. The fourth-order valence-electron chi connectivity index (χ4n) is 1.57. The van der Waals surface area contributed by atoms with Gasteiger partial charge < -0.3 is 5.32 Å². The lowest BCUT2D eigenvalue weighted by Gasteiger charge is -2.07. The predicted molar refractivity (Wildman–Crippen MR) is 86.1 cm³/mol. The lowest BCUT2D eigenvalue weighted by molar-refractivity contribution is 1.10. The van der Waals surface area contributed by atoms with Gasteiger partial charge in [-0.25, -0.2) is 0 Å². The van der Waals surface area contributed by atoms with Crippen molar-refractivity contribution in [3.63, 3.8) is 0 Å². The number of pyridine rings is 1. The maximum Gasteiger partial charge on any atom is 0.209 e. The molecule has 0 unspecified atom stereocenters. The second-order valence-electron chi connectivity index (χ2n) is 3.99. The van der Waals surface area contributed by atoms with Crippen molar-refractivity contribution in [2.75, 3.05) is 17.6 Å². The van der Waals surface area contributed by atoms with E-state index < -0.39 is 0 Å². The van der Waals surface area contributed by atoms with Crippen LogP contribution in [0.15, 0.2) is 64.7 Å². The molecule has 0 fully saturated rings. The maximum absolute atomic E-state index is 8.75. The van der Waals surface area contributed by atoms with Gasteiger partial charge in [0.2, 0.25) is 5.96 Å². The van der Waals surface area contributed by atoms with Crippen molar-refractivity contribution in [2.45, 2.75) is 4.90 Å². The zero-order chi connectivity index (χ0) is 14.8. The Morgan fingerprint density at radius 2 is 1.95 bits per heavy atom. The zero-order valence-electron chi connectivity index (χ0n) is 11.4. The number of thioether (sulfide) groups is 1. The van der Waals surface area contributed by atoms with Crippen LogP contribution in [0.1, 0.15) is 0 Å². The summed E-state index contributed by atoms with van der Waals surface area (Å²) in [5.74, 6) is 1.29. The molecule has 1 aromatic heterocycles. The third-order valence-electron chi connectivity index (χ3n) is 2.49. The number of nitrogens with one attached hydrogen (secondary N) is 2. The summed E-state index contributed by atoms with van der Waals surface area (Å²) in [6.45, 7) is 0.613. The molecular formula is C15H15N5S. The highest BCUT2D eigenvalue weighted by Gasteiger charge is 1.99. The maximum atomic E-state index is 8.75. The first-order chi connectivity index (χ1) is 10.4. The Labute approximate surface area is 128 Å². The van der Waals surface area contributed by atoms with Gasteiger partial charge in [-0.1, -0.05) is 18.2 Å². The number of hydrogen-bond acceptors (Lipinski definition) is 4. The first-order valence-electron chi connectivity index (χ1n) is 6.43. The summed E-state index contributed by atoms with van der Waals surface area (Å²) in [6.07, 6.45) is 5.24. The first-order valence-corrected chi connectivity index (χ1v) is 7.41. The summed E-state index contributed by atoms with van der Waals surface area (Å²) >= 11 is 1.73. The van der Waals surface area contributed by atoms with Gasteiger partial charge in [0.25, 0.3) is 0 Å². The van der Waals surface area contributed by atoms with Crippen molar-refractivity contribution >= 4 is 23.4 Å². The minimum Gasteiger partial charge on any atom is -0.325 e. The average Bonchev–Trinajstić information content (AvgIpc) is 2.54. The molecule has 0 spiro atoms. The van der Waals surface area contributed by atoms with Crippen molar-refractivity contribution in [1.82, 2.24) is 10.3 Å². The number of anilines is 1. The normalized spacial score (nSPS) is 10.7. The molecule has 0 aliphatic rings. The quantitative estimate of drug-likeness (QED) is 0.222. The van der Waals surface area contributed by atoms with Crippen LogP contribution in [0.4, 0.5) is 5.69 Å². The van der Waals surface area contributed by atoms with Crippen LogP contribution in [0, 0.1) is 11.5 Å². The molecule has 0 amide bonds. The van der Waals surface area contributed by atoms with E-state index in [2.05, 4.69) is 32.7 Å². The number of benzene rings is 1. The molecule has 6 heteroatoms. The monoisotopic (exact) mass is 297 g/mol. The van der Waals surface area contributed by atoms with Gasteiger partial charge in [0.15, 0.2) is 6.19 Å². The van der Waals surface area contributed by atoms with Gasteiger partial charge in [-0.05, 0) is 24.3 Å². The Kier molecular flexibility index (Phi) is 6.10. The van der Waals surface area contributed by atoms with E-state index in [-0.39, 0.29) is 0 Å². The van der Waals surface area contributed by atoms with Gasteiger partial charge in [0.1, 0.15) is 0 Å². The largest absolute Gasteiger partial charge is 0.325 e. The molecule has 2 rings (SSSR count). The average molecular weight is 297 g/mol. The van der Waals surface area contributed by atoms with Gasteiger partial charge in [0.05, 0.1) is 6.54 Å². The van der Waals surface area contributed by atoms with Crippen LogP contribution in [-0.4, -0.2) is 23.2 Å². The van der Waals surface area contributed by atoms with Crippen LogP contribution < -0.4 is 10.6 Å². The van der Waals surface area contributed by atoms with E-state index in [9.17, 15) is 0 Å². The van der Waals surface area contributed by atoms with Gasteiger partial charge in [-0.3, -0.25) is 15.3 Å². The molecule has 2 N–H and O–H groups in total. The van der Waals surface area contributed by atoms with Crippen molar-refractivity contribution in [3.05, 3.63) is 54.9 Å². The molecule has 0 radical (unpaired) electrons. The number of aliphatic imine (C=N–C) groups is 1. The summed E-state index contributed by atoms with van der Waals surface area (Å²) in [6, 6.07) is 13.8. The van der Waals surface area contributed by atoms with Gasteiger partial charge in [-0.2, -0.15) is 5.26 Å². The van der Waals surface area contributed by atoms with Crippen molar-refractivity contribution < 1.29 is 0 Å². The standard InChI is InChI=1S/C15H15N5S/c16-12-19-15(20-13-6-8-17-9-7-13)18-10-11-21-14-4-2-1-3-5-14/h1-9H,10-11H2,(H2,17,18,19,20). The summed E-state index contributed by atoms with van der Waals surface area (Å²) in [5.41, 5.74) is 0.835. The lowest BCUT2D eigenvalue weighted by Crippen LogP contribution is -2.27. The number of hydrogen-bond donors (Lipinski definition) is 2. The summed E-state index contributed by atoms with van der Waals surface area (Å²) in [4.78, 5) is 9.51. The predicted octanol–water partition coefficient (Wildman–Crippen LogP) is 2.71. The molecular weight excluding hydrogens is 282 g/mol. The Bertz CT molecular complexity index is 607. The van der Waals surface area contributed by atoms with Crippen LogP contribution in [0.25, 0.3) is 0 Å². The molecule has 0 atom stereocenters. The second kappa shape index (κ2) is 8.61. The fraction of sp³-hybridized carbons (Fsp3) is 0.133. The first kappa shape index (κ1) is 14.9. The Morgan fingerprint density at radius 3 is 2.67 bits per heavy atom. The minimum atomic E-state index is 0.442. The fourth-order valence-corrected chi connectivity index (χ4v) is 2.34. The van der Waals surface area contributed by atoms with Crippen LogP contribution in [0.2, 0.25) is 0 Å². The molecule has 0 aliphatic carbocycles. The van der Waals surface area contributed by atoms with Crippen LogP contribution in [-0.2, 0) is 0 Å². The third-order valence-corrected chi connectivity index (χ3v) is 3.48. The molecule has 106 valence electrons. The van der Waals surface area contributed by atoms with Crippen LogP contribution in [0.5, 0.6) is 0 Å². The van der Waals surface area contributed by atoms with E-state index in [0.29, 0.717) is 12.5 Å². The van der Waals surface area contributed by atoms with Crippen molar-refractivity contribution in [2.24, 2.45) is 4.99 Å². The molecule has 0 aliphatic heterocycles. The molecule has 1 heterocycles. The van der Waals surface area contributed by atoms with Gasteiger partial charge in [0, 0.05) is 28.7 Å². The van der Waals surface area contributed by atoms with E-state index in [1.165, 1.54) is 4.90 Å². The molecule has 2 aromatic rings. The molecule has 1 aromatic carbocycles. The third kappa shape index (κ3) is 5.55. The Balaban J connectivity index is 1.85. The van der Waals surface area contributed by atoms with Crippen LogP contribution >= 0.6 is 11.8 Å². The van der Waals surface area contributed by atoms with E-state index >= 15 is 0 Å². The van der Waals surface area contributed by atoms with E-state index in [4.69, 9.17) is 5.26 Å². The number of nitrogens with zero attached hydrogens (tertiary/aromatic N) is 3. The molecule has 0 bridgehead atoms. The highest BCUT2D eigenvalue weighted by atomic mass is 32.2. The SMILES string of the molecule is N#CNC(=NCCSc1ccccc1)Nc1ccncc1. The Hall–Kier alpha value is -2.52. The van der Waals surface area contributed by atoms with Crippen LogP contribution in [0.3, 0.4) is 0 Å². The van der Waals surface area contributed by atoms with Gasteiger partial charge >= 0.3 is 0 Å². The molecule has 0 saturated heterocycles.